The normalized spacial score (nSPS) is 30.3. The molecular weight excluding hydrogens is 648 g/mol. The van der Waals surface area contributed by atoms with Crippen LogP contribution in [0.3, 0.4) is 0 Å². The number of phosphoric ester groups is 1. The van der Waals surface area contributed by atoms with Gasteiger partial charge in [-0.05, 0) is 6.92 Å². The molecule has 6 heterocycles. The fraction of sp³-hybridized carbons (Fsp3) is 0.524. The summed E-state index contributed by atoms with van der Waals surface area (Å²) in [5.41, 5.74) is 5.87. The van der Waals surface area contributed by atoms with Crippen LogP contribution in [0.4, 0.5) is 5.95 Å². The third-order valence-electron chi connectivity index (χ3n) is 7.21. The molecule has 0 amide bonds. The molecular formula is C21H26N9O13P2+. The Balaban J connectivity index is 1.22. The first-order valence-electron chi connectivity index (χ1n) is 13.0. The number of aliphatic hydroxyl groups excluding tert-OH is 3. The molecule has 2 aliphatic rings. The van der Waals surface area contributed by atoms with Gasteiger partial charge in [-0.25, -0.2) is 24.5 Å². The first kappa shape index (κ1) is 31.6. The highest BCUT2D eigenvalue weighted by molar-refractivity contribution is 7.47. The molecule has 242 valence electrons. The minimum Gasteiger partial charge on any atom is -0.394 e. The molecule has 10 atom stereocenters. The molecule has 8 N–H and O–H groups in total. The number of ether oxygens (including phenoxy) is 2. The number of nitrogen functional groups attached to an aromatic ring is 1. The summed E-state index contributed by atoms with van der Waals surface area (Å²) in [6.07, 6.45) is -8.32. The molecule has 6 rings (SSSR count). The van der Waals surface area contributed by atoms with Gasteiger partial charge in [0.25, 0.3) is 5.56 Å². The third kappa shape index (κ3) is 5.87. The second kappa shape index (κ2) is 12.1. The van der Waals surface area contributed by atoms with Crippen molar-refractivity contribution in [2.45, 2.75) is 56.0 Å². The Kier molecular flexibility index (Phi) is 8.50. The van der Waals surface area contributed by atoms with E-state index >= 15 is 0 Å². The highest BCUT2D eigenvalue weighted by Gasteiger charge is 2.53. The largest absolute Gasteiger partial charge is 0.695 e. The fourth-order valence-electron chi connectivity index (χ4n) is 5.16. The van der Waals surface area contributed by atoms with Crippen molar-refractivity contribution in [3.8, 4) is 0 Å². The highest BCUT2D eigenvalue weighted by Crippen LogP contribution is 2.50. The van der Waals surface area contributed by atoms with Crippen molar-refractivity contribution < 1.29 is 57.3 Å². The van der Waals surface area contributed by atoms with Gasteiger partial charge in [-0.1, -0.05) is 0 Å². The van der Waals surface area contributed by atoms with Crippen LogP contribution in [0.1, 0.15) is 18.1 Å². The van der Waals surface area contributed by atoms with E-state index in [2.05, 4.69) is 29.9 Å². The number of imidazole rings is 2. The number of rotatable bonds is 10. The molecule has 0 spiro atoms. The minimum atomic E-state index is -5.15. The van der Waals surface area contributed by atoms with Gasteiger partial charge in [0.1, 0.15) is 42.4 Å². The van der Waals surface area contributed by atoms with Crippen molar-refractivity contribution in [3.05, 3.63) is 35.0 Å². The van der Waals surface area contributed by atoms with E-state index < -0.39 is 83.9 Å². The molecule has 0 bridgehead atoms. The van der Waals surface area contributed by atoms with E-state index in [-0.39, 0.29) is 22.8 Å². The SMILES string of the molecule is Cc1ncnc2c1ncn2[C@@H]1O[C@H](COP(=O)(O)O[C@@H]2[C@H](O)[C@@H](CO)O[C@H]2n2cnc3c(=O)[nH]c(N)nc32)[C@@H](O[P+](=O)O)[C@H]1O. The zero-order valence-corrected chi connectivity index (χ0v) is 24.7. The van der Waals surface area contributed by atoms with E-state index in [0.29, 0.717) is 11.2 Å². The van der Waals surface area contributed by atoms with E-state index in [9.17, 15) is 39.0 Å². The van der Waals surface area contributed by atoms with E-state index in [1.54, 1.807) is 6.92 Å². The summed E-state index contributed by atoms with van der Waals surface area (Å²) >= 11 is 0. The number of H-pyrrole nitrogens is 1. The molecule has 4 aromatic rings. The van der Waals surface area contributed by atoms with Crippen LogP contribution < -0.4 is 11.3 Å². The van der Waals surface area contributed by atoms with Crippen molar-refractivity contribution in [3.63, 3.8) is 0 Å². The number of nitrogens with one attached hydrogen (secondary N) is 1. The van der Waals surface area contributed by atoms with Crippen molar-refractivity contribution in [1.82, 2.24) is 39.0 Å². The molecule has 2 fully saturated rings. The number of nitrogens with zero attached hydrogens (tertiary/aromatic N) is 7. The molecule has 22 nitrogen and oxygen atoms in total. The maximum atomic E-state index is 13.2. The summed E-state index contributed by atoms with van der Waals surface area (Å²) in [6.45, 7) is 0.137. The molecule has 0 aliphatic carbocycles. The van der Waals surface area contributed by atoms with Crippen LogP contribution in [0.2, 0.25) is 0 Å². The van der Waals surface area contributed by atoms with Gasteiger partial charge in [-0.2, -0.15) is 4.98 Å². The summed E-state index contributed by atoms with van der Waals surface area (Å²) in [6, 6.07) is 0. The summed E-state index contributed by atoms with van der Waals surface area (Å²) in [7, 11) is -8.42. The van der Waals surface area contributed by atoms with E-state index in [1.807, 2.05) is 0 Å². The van der Waals surface area contributed by atoms with Gasteiger partial charge in [0, 0.05) is 4.57 Å². The van der Waals surface area contributed by atoms with Gasteiger partial charge in [-0.3, -0.25) is 28.0 Å². The molecule has 24 heteroatoms. The summed E-state index contributed by atoms with van der Waals surface area (Å²) in [5, 5.41) is 31.4. The zero-order chi connectivity index (χ0) is 32.2. The van der Waals surface area contributed by atoms with E-state index in [4.69, 9.17) is 28.8 Å². The lowest BCUT2D eigenvalue weighted by atomic mass is 10.1. The topological polar surface area (TPSA) is 315 Å². The second-order valence-electron chi connectivity index (χ2n) is 9.99. The Hall–Kier alpha value is -3.37. The smallest absolute Gasteiger partial charge is 0.394 e. The van der Waals surface area contributed by atoms with E-state index in [0.717, 1.165) is 10.9 Å². The second-order valence-corrected chi connectivity index (χ2v) is 12.1. The number of hydrogen-bond acceptors (Lipinski definition) is 17. The predicted octanol–water partition coefficient (Wildman–Crippen LogP) is -2.10. The van der Waals surface area contributed by atoms with Crippen LogP contribution in [0.25, 0.3) is 22.3 Å². The van der Waals surface area contributed by atoms with Crippen LogP contribution in [-0.2, 0) is 32.2 Å². The minimum absolute atomic E-state index is 0.112. The number of fused-ring (bicyclic) bond motifs is 2. The Labute approximate surface area is 250 Å². The van der Waals surface area contributed by atoms with Gasteiger partial charge < -0.3 is 35.4 Å². The van der Waals surface area contributed by atoms with Gasteiger partial charge in [0.2, 0.25) is 5.95 Å². The lowest BCUT2D eigenvalue weighted by molar-refractivity contribution is -0.0609. The Morgan fingerprint density at radius 3 is 2.44 bits per heavy atom. The predicted molar refractivity (Wildman–Crippen MR) is 145 cm³/mol. The molecule has 45 heavy (non-hydrogen) atoms. The third-order valence-corrected chi connectivity index (χ3v) is 8.62. The van der Waals surface area contributed by atoms with Crippen molar-refractivity contribution in [2.24, 2.45) is 0 Å². The molecule has 2 saturated heterocycles. The Bertz CT molecular complexity index is 1850. The standard InChI is InChI=1S/C21H25N9O13P2/c1-7-10-16(24-4-23-7)29(5-25-10)19-13(33)14(42-44(35)36)9(41-19)3-39-45(37,38)43-15-12(32)8(2-31)40-20(15)30-6-26-11-17(30)27-21(22)28-18(11)34/h4-6,8-9,12-15,19-20,31-33H,2-3H2,1H3,(H4-,22,27,28,34,35,36,37,38)/p+1/t8-,9-,12-,13-,14-,15-,19-,20-/m1/s1. The number of aromatic amines is 1. The number of nitrogens with two attached hydrogens (primary N) is 1. The lowest BCUT2D eigenvalue weighted by Gasteiger charge is -2.24. The maximum Gasteiger partial charge on any atom is 0.695 e. The van der Waals surface area contributed by atoms with Gasteiger partial charge in [0.15, 0.2) is 35.4 Å². The average Bonchev–Trinajstić information content (AvgIpc) is 3.73. The number of anilines is 1. The number of aryl methyl sites for hydroxylation is 1. The summed E-state index contributed by atoms with van der Waals surface area (Å²) in [5.74, 6) is -0.273. The highest BCUT2D eigenvalue weighted by atomic mass is 31.2. The molecule has 0 saturated carbocycles. The first-order valence-corrected chi connectivity index (χ1v) is 15.6. The van der Waals surface area contributed by atoms with Crippen LogP contribution in [0.15, 0.2) is 23.8 Å². The molecule has 0 aromatic carbocycles. The molecule has 2 aliphatic heterocycles. The number of aromatic nitrogens is 8. The van der Waals surface area contributed by atoms with E-state index in [1.165, 1.54) is 17.2 Å². The van der Waals surface area contributed by atoms with Crippen molar-refractivity contribution in [1.29, 1.82) is 0 Å². The zero-order valence-electron chi connectivity index (χ0n) is 22.9. The lowest BCUT2D eigenvalue weighted by Crippen LogP contribution is -2.36. The Morgan fingerprint density at radius 1 is 1.04 bits per heavy atom. The Morgan fingerprint density at radius 2 is 1.73 bits per heavy atom. The molecule has 2 unspecified atom stereocenters. The maximum absolute atomic E-state index is 13.2. The quantitative estimate of drug-likeness (QED) is 0.0885. The number of hydrogen-bond donors (Lipinski definition) is 7. The summed E-state index contributed by atoms with van der Waals surface area (Å²) in [4.78, 5) is 54.9. The summed E-state index contributed by atoms with van der Waals surface area (Å²) < 4.78 is 53.9. The number of phosphoric acid groups is 1. The van der Waals surface area contributed by atoms with Gasteiger partial charge >= 0.3 is 16.1 Å². The average molecular weight is 674 g/mol. The van der Waals surface area contributed by atoms with Gasteiger partial charge in [0.05, 0.1) is 31.6 Å². The van der Waals surface area contributed by atoms with Crippen LogP contribution in [0.5, 0.6) is 0 Å². The molecule has 4 aromatic heterocycles. The van der Waals surface area contributed by atoms with Crippen molar-refractivity contribution >= 4 is 44.4 Å². The van der Waals surface area contributed by atoms with Crippen LogP contribution in [0, 0.1) is 6.92 Å². The van der Waals surface area contributed by atoms with Gasteiger partial charge in [-0.15, -0.1) is 9.42 Å². The first-order chi connectivity index (χ1) is 21.4. The van der Waals surface area contributed by atoms with Crippen LogP contribution in [-0.4, -0.2) is 114 Å². The molecule has 0 radical (unpaired) electrons. The van der Waals surface area contributed by atoms with Crippen LogP contribution >= 0.6 is 16.1 Å². The fourth-order valence-corrected chi connectivity index (χ4v) is 6.56. The van der Waals surface area contributed by atoms with Crippen molar-refractivity contribution in [2.75, 3.05) is 18.9 Å². The number of aliphatic hydroxyl groups is 3. The monoisotopic (exact) mass is 674 g/mol.